The van der Waals surface area contributed by atoms with Crippen LogP contribution in [0.3, 0.4) is 0 Å². The van der Waals surface area contributed by atoms with Gasteiger partial charge in [-0.2, -0.15) is 0 Å². The van der Waals surface area contributed by atoms with Gasteiger partial charge in [-0.05, 0) is 30.5 Å². The molecule has 0 unspecified atom stereocenters. The number of carbonyl (C=O) groups is 1. The Kier molecular flexibility index (Phi) is 5.40. The molecule has 0 spiro atoms. The van der Waals surface area contributed by atoms with Crippen LogP contribution in [0.1, 0.15) is 23.3 Å². The number of aromatic nitrogens is 1. The zero-order valence-corrected chi connectivity index (χ0v) is 14.9. The number of aliphatic imine (C=N–C) groups is 1. The van der Waals surface area contributed by atoms with Gasteiger partial charge in [-0.3, -0.25) is 15.1 Å². The summed E-state index contributed by atoms with van der Waals surface area (Å²) in [7, 11) is 0. The molecule has 3 rings (SSSR count). The van der Waals surface area contributed by atoms with Crippen molar-refractivity contribution < 1.29 is 4.79 Å². The summed E-state index contributed by atoms with van der Waals surface area (Å²) in [6, 6.07) is 8.20. The summed E-state index contributed by atoms with van der Waals surface area (Å²) in [6.07, 6.45) is 4.66. The average molecular weight is 393 g/mol. The number of nitrogens with one attached hydrogen (secondary N) is 2. The second kappa shape index (κ2) is 7.70. The summed E-state index contributed by atoms with van der Waals surface area (Å²) in [5, 5.41) is 6.49. The lowest BCUT2D eigenvalue weighted by atomic mass is 10.1. The molecule has 0 atom stereocenters. The topological polar surface area (TPSA) is 66.4 Å². The highest BCUT2D eigenvalue weighted by Crippen LogP contribution is 2.22. The third kappa shape index (κ3) is 4.62. The number of amidine groups is 1. The highest BCUT2D eigenvalue weighted by Gasteiger charge is 2.14. The zero-order valence-electron chi connectivity index (χ0n) is 12.5. The first kappa shape index (κ1) is 16.1. The molecule has 1 aromatic carbocycles. The fourth-order valence-corrected chi connectivity index (χ4v) is 3.36. The van der Waals surface area contributed by atoms with Crippen LogP contribution in [0.5, 0.6) is 0 Å². The Balaban J connectivity index is 1.61. The number of rotatable bonds is 4. The summed E-state index contributed by atoms with van der Waals surface area (Å²) in [6.45, 7) is 1.49. The van der Waals surface area contributed by atoms with Gasteiger partial charge in [0.1, 0.15) is 0 Å². The lowest BCUT2D eigenvalue weighted by Gasteiger charge is -2.05. The largest absolute Gasteiger partial charge is 0.366 e. The van der Waals surface area contributed by atoms with E-state index in [4.69, 9.17) is 0 Å². The van der Waals surface area contributed by atoms with Crippen LogP contribution in [0.4, 0.5) is 5.13 Å². The monoisotopic (exact) mass is 392 g/mol. The van der Waals surface area contributed by atoms with Crippen molar-refractivity contribution in [3.63, 3.8) is 0 Å². The van der Waals surface area contributed by atoms with E-state index in [2.05, 4.69) is 48.7 Å². The number of hydrogen-bond acceptors (Lipinski definition) is 5. The maximum atomic E-state index is 12.2. The van der Waals surface area contributed by atoms with E-state index in [1.54, 1.807) is 0 Å². The van der Waals surface area contributed by atoms with E-state index in [-0.39, 0.29) is 5.91 Å². The molecule has 2 N–H and O–H groups in total. The van der Waals surface area contributed by atoms with E-state index in [0.29, 0.717) is 17.5 Å². The molecule has 23 heavy (non-hydrogen) atoms. The minimum Gasteiger partial charge on any atom is -0.366 e. The number of nitrogens with zero attached hydrogens (tertiary/aromatic N) is 2. The molecule has 1 aliphatic heterocycles. The average Bonchev–Trinajstić information content (AvgIpc) is 2.81. The summed E-state index contributed by atoms with van der Waals surface area (Å²) >= 11 is 4.92. The van der Waals surface area contributed by atoms with Gasteiger partial charge in [0.05, 0.1) is 0 Å². The van der Waals surface area contributed by atoms with Crippen LogP contribution >= 0.6 is 27.3 Å². The van der Waals surface area contributed by atoms with E-state index in [1.807, 2.05) is 18.3 Å². The molecular weight excluding hydrogens is 376 g/mol. The predicted molar refractivity (Wildman–Crippen MR) is 97.2 cm³/mol. The third-order valence-electron chi connectivity index (χ3n) is 3.43. The Hall–Kier alpha value is -1.73. The Morgan fingerprint density at radius 2 is 2.13 bits per heavy atom. The van der Waals surface area contributed by atoms with Crippen LogP contribution in [-0.2, 0) is 11.2 Å². The third-order valence-corrected chi connectivity index (χ3v) is 4.87. The number of anilines is 1. The lowest BCUT2D eigenvalue weighted by Crippen LogP contribution is -2.35. The van der Waals surface area contributed by atoms with Crippen LogP contribution in [0.2, 0.25) is 0 Å². The lowest BCUT2D eigenvalue weighted by molar-refractivity contribution is -0.110. The first-order chi connectivity index (χ1) is 11.2. The van der Waals surface area contributed by atoms with Crippen molar-refractivity contribution in [3.05, 3.63) is 45.4 Å². The Morgan fingerprint density at radius 1 is 1.30 bits per heavy atom. The van der Waals surface area contributed by atoms with E-state index in [0.717, 1.165) is 35.2 Å². The molecule has 1 aliphatic rings. The summed E-state index contributed by atoms with van der Waals surface area (Å²) in [5.74, 6) is 0.198. The van der Waals surface area contributed by atoms with Gasteiger partial charge in [0.15, 0.2) is 11.0 Å². The Bertz CT molecular complexity index is 711. The van der Waals surface area contributed by atoms with Gasteiger partial charge in [0.2, 0.25) is 0 Å². The number of hydrogen-bond donors (Lipinski definition) is 2. The van der Waals surface area contributed by atoms with Crippen LogP contribution in [-0.4, -0.2) is 29.8 Å². The number of carbonyl (C=O) groups excluding carboxylic acids is 1. The van der Waals surface area contributed by atoms with Crippen LogP contribution < -0.4 is 10.6 Å². The van der Waals surface area contributed by atoms with Gasteiger partial charge in [-0.25, -0.2) is 4.98 Å². The van der Waals surface area contributed by atoms with E-state index in [1.165, 1.54) is 16.9 Å². The molecule has 0 saturated carbocycles. The van der Waals surface area contributed by atoms with E-state index >= 15 is 0 Å². The smallest absolute Gasteiger partial charge is 0.292 e. The van der Waals surface area contributed by atoms with E-state index < -0.39 is 0 Å². The molecule has 0 radical (unpaired) electrons. The molecule has 7 heteroatoms. The van der Waals surface area contributed by atoms with Crippen molar-refractivity contribution in [3.8, 4) is 0 Å². The molecule has 2 heterocycles. The van der Waals surface area contributed by atoms with Crippen molar-refractivity contribution in [2.45, 2.75) is 19.3 Å². The highest BCUT2D eigenvalue weighted by molar-refractivity contribution is 9.10. The molecule has 2 aromatic rings. The van der Waals surface area contributed by atoms with Gasteiger partial charge >= 0.3 is 0 Å². The molecule has 1 amide bonds. The molecule has 0 bridgehead atoms. The summed E-state index contributed by atoms with van der Waals surface area (Å²) in [4.78, 5) is 21.8. The zero-order chi connectivity index (χ0) is 16.1. The first-order valence-corrected chi connectivity index (χ1v) is 9.10. The molecule has 1 aromatic heterocycles. The van der Waals surface area contributed by atoms with Crippen LogP contribution in [0.15, 0.2) is 39.9 Å². The number of halogens is 1. The minimum absolute atomic E-state index is 0.212. The number of thiazole rings is 1. The highest BCUT2D eigenvalue weighted by atomic mass is 79.9. The quantitative estimate of drug-likeness (QED) is 0.839. The predicted octanol–water partition coefficient (Wildman–Crippen LogP) is 3.22. The maximum Gasteiger partial charge on any atom is 0.292 e. The van der Waals surface area contributed by atoms with Crippen molar-refractivity contribution in [2.24, 2.45) is 4.99 Å². The van der Waals surface area contributed by atoms with Crippen molar-refractivity contribution >= 4 is 44.1 Å². The molecule has 0 aliphatic carbocycles. The van der Waals surface area contributed by atoms with Crippen molar-refractivity contribution in [1.82, 2.24) is 10.3 Å². The molecule has 120 valence electrons. The van der Waals surface area contributed by atoms with Crippen molar-refractivity contribution in [2.75, 3.05) is 18.4 Å². The SMILES string of the molecule is O=C(Nc1ncc(Cc2ccc(Br)cc2)s1)C1=NCCCCN1. The summed E-state index contributed by atoms with van der Waals surface area (Å²) in [5.41, 5.74) is 1.21. The van der Waals surface area contributed by atoms with Gasteiger partial charge in [-0.1, -0.05) is 28.1 Å². The van der Waals surface area contributed by atoms with E-state index in [9.17, 15) is 4.79 Å². The maximum absolute atomic E-state index is 12.2. The van der Waals surface area contributed by atoms with Gasteiger partial charge in [0, 0.05) is 35.1 Å². The second-order valence-corrected chi connectivity index (χ2v) is 7.28. The minimum atomic E-state index is -0.212. The molecular formula is C16H17BrN4OS. The van der Waals surface area contributed by atoms with Gasteiger partial charge in [0.25, 0.3) is 5.91 Å². The fourth-order valence-electron chi connectivity index (χ4n) is 2.25. The first-order valence-electron chi connectivity index (χ1n) is 7.49. The van der Waals surface area contributed by atoms with Gasteiger partial charge < -0.3 is 5.32 Å². The Morgan fingerprint density at radius 3 is 2.96 bits per heavy atom. The standard InChI is InChI=1S/C16H17BrN4OS/c17-12-5-3-11(4-6-12)9-13-10-20-16(23-13)21-15(22)14-18-7-1-2-8-19-14/h3-6,10H,1-2,7-9H2,(H,18,19)(H,20,21,22). The summed E-state index contributed by atoms with van der Waals surface area (Å²) < 4.78 is 1.06. The van der Waals surface area contributed by atoms with Crippen LogP contribution in [0, 0.1) is 0 Å². The van der Waals surface area contributed by atoms with Crippen LogP contribution in [0.25, 0.3) is 0 Å². The Labute approximate surface area is 147 Å². The van der Waals surface area contributed by atoms with Crippen molar-refractivity contribution in [1.29, 1.82) is 0 Å². The number of benzene rings is 1. The molecule has 0 fully saturated rings. The van der Waals surface area contributed by atoms with Gasteiger partial charge in [-0.15, -0.1) is 11.3 Å². The number of amides is 1. The fraction of sp³-hybridized carbons (Fsp3) is 0.312. The molecule has 5 nitrogen and oxygen atoms in total. The normalized spacial score (nSPS) is 14.6. The molecule has 0 saturated heterocycles. The second-order valence-electron chi connectivity index (χ2n) is 5.25.